The van der Waals surface area contributed by atoms with E-state index in [1.807, 2.05) is 36.4 Å². The monoisotopic (exact) mass is 292 g/mol. The smallest absolute Gasteiger partial charge is 0.0543 e. The number of aryl methyl sites for hydroxylation is 1. The predicted octanol–water partition coefficient (Wildman–Crippen LogP) is 4.23. The first-order chi connectivity index (χ1) is 9.15. The summed E-state index contributed by atoms with van der Waals surface area (Å²) in [6.45, 7) is 0. The molecular formula is C15H17ClN2S. The summed E-state index contributed by atoms with van der Waals surface area (Å²) in [5.74, 6) is 1.01. The molecule has 2 aromatic rings. The van der Waals surface area contributed by atoms with Crippen LogP contribution in [-0.2, 0) is 6.42 Å². The summed E-state index contributed by atoms with van der Waals surface area (Å²) in [4.78, 5) is 1.05. The van der Waals surface area contributed by atoms with E-state index >= 15 is 0 Å². The second-order valence-electron chi connectivity index (χ2n) is 4.39. The molecule has 0 amide bonds. The molecular weight excluding hydrogens is 276 g/mol. The van der Waals surface area contributed by atoms with E-state index < -0.39 is 0 Å². The summed E-state index contributed by atoms with van der Waals surface area (Å²) < 4.78 is 0. The van der Waals surface area contributed by atoms with E-state index in [2.05, 4.69) is 6.07 Å². The minimum absolute atomic E-state index is 0.753. The predicted molar refractivity (Wildman–Crippen MR) is 85.8 cm³/mol. The largest absolute Gasteiger partial charge is 0.399 e. The van der Waals surface area contributed by atoms with Crippen LogP contribution >= 0.6 is 23.4 Å². The number of benzene rings is 2. The first kappa shape index (κ1) is 14.1. The highest BCUT2D eigenvalue weighted by atomic mass is 35.5. The molecule has 0 radical (unpaired) electrons. The molecule has 0 heterocycles. The molecule has 19 heavy (non-hydrogen) atoms. The number of nitrogens with two attached hydrogens (primary N) is 2. The number of rotatable bonds is 5. The lowest BCUT2D eigenvalue weighted by Crippen LogP contribution is -1.91. The van der Waals surface area contributed by atoms with Crippen molar-refractivity contribution < 1.29 is 0 Å². The standard InChI is InChI=1S/C15H17ClN2S/c16-14-7-6-13(18)10-15(14)19-8-2-4-11-3-1-5-12(17)9-11/h1,3,5-7,9-10H,2,4,8,17-18H2. The Morgan fingerprint density at radius 1 is 1.00 bits per heavy atom. The van der Waals surface area contributed by atoms with Crippen molar-refractivity contribution >= 4 is 34.7 Å². The fourth-order valence-corrected chi connectivity index (χ4v) is 3.05. The van der Waals surface area contributed by atoms with Crippen molar-refractivity contribution in [1.29, 1.82) is 0 Å². The topological polar surface area (TPSA) is 52.0 Å². The lowest BCUT2D eigenvalue weighted by molar-refractivity contribution is 0.933. The maximum absolute atomic E-state index is 6.12. The SMILES string of the molecule is Nc1cccc(CCCSc2cc(N)ccc2Cl)c1. The number of halogens is 1. The third-order valence-corrected chi connectivity index (χ3v) is 4.36. The Morgan fingerprint density at radius 2 is 1.79 bits per heavy atom. The molecule has 0 fully saturated rings. The molecule has 4 heteroatoms. The van der Waals surface area contributed by atoms with Crippen LogP contribution in [0.2, 0.25) is 5.02 Å². The zero-order valence-electron chi connectivity index (χ0n) is 10.6. The van der Waals surface area contributed by atoms with Gasteiger partial charge in [-0.25, -0.2) is 0 Å². The summed E-state index contributed by atoms with van der Waals surface area (Å²) in [5.41, 5.74) is 14.4. The lowest BCUT2D eigenvalue weighted by atomic mass is 10.1. The van der Waals surface area contributed by atoms with Gasteiger partial charge in [0.05, 0.1) is 5.02 Å². The number of nitrogen functional groups attached to an aromatic ring is 2. The van der Waals surface area contributed by atoms with Crippen molar-refractivity contribution in [3.8, 4) is 0 Å². The Kier molecular flexibility index (Phi) is 5.00. The second-order valence-corrected chi connectivity index (χ2v) is 5.93. The van der Waals surface area contributed by atoms with E-state index in [1.54, 1.807) is 11.8 Å². The van der Waals surface area contributed by atoms with E-state index in [4.69, 9.17) is 23.1 Å². The van der Waals surface area contributed by atoms with Gasteiger partial charge < -0.3 is 11.5 Å². The summed E-state index contributed by atoms with van der Waals surface area (Å²) in [5, 5.41) is 0.767. The van der Waals surface area contributed by atoms with Gasteiger partial charge in [0.15, 0.2) is 0 Å². The van der Waals surface area contributed by atoms with Gasteiger partial charge >= 0.3 is 0 Å². The summed E-state index contributed by atoms with van der Waals surface area (Å²) >= 11 is 7.86. The molecule has 0 aliphatic rings. The molecule has 0 aromatic heterocycles. The fraction of sp³-hybridized carbons (Fsp3) is 0.200. The van der Waals surface area contributed by atoms with E-state index in [0.717, 1.165) is 39.9 Å². The van der Waals surface area contributed by atoms with Crippen LogP contribution in [0.4, 0.5) is 11.4 Å². The van der Waals surface area contributed by atoms with Gasteiger partial charge in [-0.15, -0.1) is 11.8 Å². The Hall–Kier alpha value is -1.32. The van der Waals surface area contributed by atoms with Crippen molar-refractivity contribution in [2.45, 2.75) is 17.7 Å². The molecule has 0 aliphatic heterocycles. The quantitative estimate of drug-likeness (QED) is 0.492. The molecule has 2 nitrogen and oxygen atoms in total. The summed E-state index contributed by atoms with van der Waals surface area (Å²) in [7, 11) is 0. The zero-order valence-corrected chi connectivity index (χ0v) is 12.2. The van der Waals surface area contributed by atoms with Gasteiger partial charge in [0.2, 0.25) is 0 Å². The van der Waals surface area contributed by atoms with Crippen LogP contribution in [0.3, 0.4) is 0 Å². The number of anilines is 2. The van der Waals surface area contributed by atoms with Crippen LogP contribution in [0.5, 0.6) is 0 Å². The number of thioether (sulfide) groups is 1. The zero-order chi connectivity index (χ0) is 13.7. The first-order valence-corrected chi connectivity index (χ1v) is 7.54. The molecule has 0 spiro atoms. The van der Waals surface area contributed by atoms with Crippen molar-refractivity contribution in [3.05, 3.63) is 53.1 Å². The van der Waals surface area contributed by atoms with Crippen LogP contribution in [0, 0.1) is 0 Å². The molecule has 4 N–H and O–H groups in total. The molecule has 100 valence electrons. The second kappa shape index (κ2) is 6.73. The molecule has 0 saturated carbocycles. The van der Waals surface area contributed by atoms with Gasteiger partial charge in [0.25, 0.3) is 0 Å². The minimum Gasteiger partial charge on any atom is -0.399 e. The fourth-order valence-electron chi connectivity index (χ4n) is 1.84. The normalized spacial score (nSPS) is 10.6. The third kappa shape index (κ3) is 4.37. The van der Waals surface area contributed by atoms with E-state index in [-0.39, 0.29) is 0 Å². The van der Waals surface area contributed by atoms with Crippen molar-refractivity contribution in [2.75, 3.05) is 17.2 Å². The summed E-state index contributed by atoms with van der Waals surface area (Å²) in [6.07, 6.45) is 2.11. The molecule has 2 rings (SSSR count). The van der Waals surface area contributed by atoms with E-state index in [1.165, 1.54) is 5.56 Å². The molecule has 0 bridgehead atoms. The molecule has 0 atom stereocenters. The maximum Gasteiger partial charge on any atom is 0.0543 e. The Balaban J connectivity index is 1.82. The van der Waals surface area contributed by atoms with Crippen LogP contribution < -0.4 is 11.5 Å². The number of hydrogen-bond acceptors (Lipinski definition) is 3. The Bertz CT molecular complexity index is 558. The molecule has 2 aromatic carbocycles. The Morgan fingerprint density at radius 3 is 2.58 bits per heavy atom. The maximum atomic E-state index is 6.12. The molecule has 0 aliphatic carbocycles. The van der Waals surface area contributed by atoms with Gasteiger partial charge in [-0.2, -0.15) is 0 Å². The van der Waals surface area contributed by atoms with Crippen LogP contribution in [-0.4, -0.2) is 5.75 Å². The van der Waals surface area contributed by atoms with Gasteiger partial charge in [-0.3, -0.25) is 0 Å². The van der Waals surface area contributed by atoms with Crippen LogP contribution in [0.15, 0.2) is 47.4 Å². The highest BCUT2D eigenvalue weighted by Crippen LogP contribution is 2.29. The average Bonchev–Trinajstić information content (AvgIpc) is 2.39. The Labute approximate surface area is 123 Å². The highest BCUT2D eigenvalue weighted by molar-refractivity contribution is 7.99. The first-order valence-electron chi connectivity index (χ1n) is 6.17. The van der Waals surface area contributed by atoms with Gasteiger partial charge in [0, 0.05) is 16.3 Å². The van der Waals surface area contributed by atoms with Crippen molar-refractivity contribution in [3.63, 3.8) is 0 Å². The van der Waals surface area contributed by atoms with Crippen molar-refractivity contribution in [1.82, 2.24) is 0 Å². The van der Waals surface area contributed by atoms with Crippen LogP contribution in [0.1, 0.15) is 12.0 Å². The van der Waals surface area contributed by atoms with Crippen LogP contribution in [0.25, 0.3) is 0 Å². The minimum atomic E-state index is 0.753. The van der Waals surface area contributed by atoms with E-state index in [9.17, 15) is 0 Å². The van der Waals surface area contributed by atoms with Gasteiger partial charge in [-0.1, -0.05) is 23.7 Å². The summed E-state index contributed by atoms with van der Waals surface area (Å²) in [6, 6.07) is 13.6. The molecule has 0 unspecified atom stereocenters. The van der Waals surface area contributed by atoms with Gasteiger partial charge in [0.1, 0.15) is 0 Å². The van der Waals surface area contributed by atoms with Gasteiger partial charge in [-0.05, 0) is 54.5 Å². The van der Waals surface area contributed by atoms with E-state index in [0.29, 0.717) is 0 Å². The average molecular weight is 293 g/mol. The highest BCUT2D eigenvalue weighted by Gasteiger charge is 2.02. The lowest BCUT2D eigenvalue weighted by Gasteiger charge is -2.06. The van der Waals surface area contributed by atoms with Crippen molar-refractivity contribution in [2.24, 2.45) is 0 Å². The third-order valence-electron chi connectivity index (χ3n) is 2.77. The number of hydrogen-bond donors (Lipinski definition) is 2. The molecule has 0 saturated heterocycles.